The Labute approximate surface area is 146 Å². The number of aromatic nitrogens is 3. The van der Waals surface area contributed by atoms with E-state index in [1.807, 2.05) is 18.5 Å². The molecular weight excluding hydrogens is 328 g/mol. The number of likely N-dealkylation sites (tertiary alicyclic amines) is 1. The lowest BCUT2D eigenvalue weighted by Gasteiger charge is -2.42. The van der Waals surface area contributed by atoms with Crippen LogP contribution in [-0.2, 0) is 4.79 Å². The first-order chi connectivity index (χ1) is 11.3. The van der Waals surface area contributed by atoms with Gasteiger partial charge in [-0.1, -0.05) is 17.7 Å². The fourth-order valence-corrected chi connectivity index (χ4v) is 3.09. The lowest BCUT2D eigenvalue weighted by atomic mass is 10.0. The average Bonchev–Trinajstić information content (AvgIpc) is 2.75. The fraction of sp³-hybridized carbons (Fsp3) is 0.471. The second-order valence-corrected chi connectivity index (χ2v) is 7.02. The minimum absolute atomic E-state index is 0.0479. The van der Waals surface area contributed by atoms with Crippen molar-refractivity contribution in [2.24, 2.45) is 0 Å². The summed E-state index contributed by atoms with van der Waals surface area (Å²) >= 11 is 5.97. The molecule has 3 rings (SSSR count). The van der Waals surface area contributed by atoms with Gasteiger partial charge in [-0.3, -0.25) is 4.79 Å². The molecule has 0 spiro atoms. The predicted octanol–water partition coefficient (Wildman–Crippen LogP) is 2.79. The maximum absolute atomic E-state index is 12.7. The Bertz CT molecular complexity index is 766. The van der Waals surface area contributed by atoms with Crippen LogP contribution in [0.15, 0.2) is 24.3 Å². The zero-order valence-corrected chi connectivity index (χ0v) is 15.0. The summed E-state index contributed by atoms with van der Waals surface area (Å²) in [5.41, 5.74) is -0.955. The third kappa shape index (κ3) is 3.24. The average molecular weight is 349 g/mol. The Morgan fingerprint density at radius 1 is 1.33 bits per heavy atom. The summed E-state index contributed by atoms with van der Waals surface area (Å²) in [6, 6.07) is 7.25. The van der Waals surface area contributed by atoms with E-state index in [0.717, 1.165) is 11.6 Å². The van der Waals surface area contributed by atoms with Crippen LogP contribution in [0.2, 0.25) is 5.02 Å². The van der Waals surface area contributed by atoms with Crippen molar-refractivity contribution in [2.75, 3.05) is 13.1 Å². The van der Waals surface area contributed by atoms with Crippen LogP contribution >= 0.6 is 11.6 Å². The molecule has 0 atom stereocenters. The Morgan fingerprint density at radius 2 is 2.04 bits per heavy atom. The first kappa shape index (κ1) is 16.8. The lowest BCUT2D eigenvalue weighted by molar-refractivity contribution is -0.151. The largest absolute Gasteiger partial charge is 0.478 e. The van der Waals surface area contributed by atoms with Crippen molar-refractivity contribution in [3.05, 3.63) is 40.9 Å². The molecule has 0 aliphatic carbocycles. The summed E-state index contributed by atoms with van der Waals surface area (Å²) in [7, 11) is 0. The fourth-order valence-electron chi connectivity index (χ4n) is 2.91. The van der Waals surface area contributed by atoms with Crippen LogP contribution < -0.4 is 4.74 Å². The molecule has 24 heavy (non-hydrogen) atoms. The molecule has 1 fully saturated rings. The van der Waals surface area contributed by atoms with Gasteiger partial charge in [0.2, 0.25) is 0 Å². The molecule has 0 saturated carbocycles. The second-order valence-electron chi connectivity index (χ2n) is 6.58. The second kappa shape index (κ2) is 6.09. The van der Waals surface area contributed by atoms with Crippen LogP contribution in [-0.4, -0.2) is 44.3 Å². The van der Waals surface area contributed by atoms with Gasteiger partial charge >= 0.3 is 0 Å². The molecule has 1 aromatic carbocycles. The Morgan fingerprint density at radius 3 is 2.62 bits per heavy atom. The number of hydrogen-bond acceptors (Lipinski definition) is 4. The van der Waals surface area contributed by atoms with Crippen LogP contribution in [0.3, 0.4) is 0 Å². The smallest absolute Gasteiger partial charge is 0.266 e. The van der Waals surface area contributed by atoms with Gasteiger partial charge in [0.05, 0.1) is 6.04 Å². The minimum atomic E-state index is -0.955. The highest BCUT2D eigenvalue weighted by molar-refractivity contribution is 6.30. The molecule has 1 aliphatic rings. The summed E-state index contributed by atoms with van der Waals surface area (Å²) < 4.78 is 7.75. The predicted molar refractivity (Wildman–Crippen MR) is 91.3 cm³/mol. The molecule has 128 valence electrons. The van der Waals surface area contributed by atoms with E-state index >= 15 is 0 Å². The van der Waals surface area contributed by atoms with Crippen LogP contribution in [0, 0.1) is 13.8 Å². The van der Waals surface area contributed by atoms with Crippen molar-refractivity contribution in [3.8, 4) is 5.75 Å². The molecule has 1 aromatic heterocycles. The zero-order chi connectivity index (χ0) is 17.5. The number of nitrogens with zero attached hydrogens (tertiary/aromatic N) is 4. The van der Waals surface area contributed by atoms with Gasteiger partial charge in [-0.15, -0.1) is 0 Å². The van der Waals surface area contributed by atoms with Crippen LogP contribution in [0.25, 0.3) is 0 Å². The molecule has 2 aromatic rings. The highest BCUT2D eigenvalue weighted by Gasteiger charge is 2.41. The van der Waals surface area contributed by atoms with Crippen molar-refractivity contribution in [1.82, 2.24) is 19.7 Å². The van der Waals surface area contributed by atoms with Crippen molar-refractivity contribution in [2.45, 2.75) is 39.3 Å². The Kier molecular flexibility index (Phi) is 4.25. The molecule has 0 radical (unpaired) electrons. The highest BCUT2D eigenvalue weighted by Crippen LogP contribution is 2.28. The molecule has 0 bridgehead atoms. The summed E-state index contributed by atoms with van der Waals surface area (Å²) in [6.45, 7) is 8.57. The molecule has 1 saturated heterocycles. The molecule has 6 nitrogen and oxygen atoms in total. The minimum Gasteiger partial charge on any atom is -0.478 e. The SMILES string of the molecule is Cc1nc(C)n(C2CN(C(=O)C(C)(C)Oc3cccc(Cl)c3)C2)n1. The van der Waals surface area contributed by atoms with Gasteiger partial charge in [-0.25, -0.2) is 9.67 Å². The van der Waals surface area contributed by atoms with Gasteiger partial charge in [0.25, 0.3) is 5.91 Å². The zero-order valence-electron chi connectivity index (χ0n) is 14.3. The maximum atomic E-state index is 12.7. The van der Waals surface area contributed by atoms with Gasteiger partial charge in [-0.2, -0.15) is 5.10 Å². The summed E-state index contributed by atoms with van der Waals surface area (Å²) in [4.78, 5) is 18.8. The van der Waals surface area contributed by atoms with Gasteiger partial charge in [0, 0.05) is 18.1 Å². The number of rotatable bonds is 4. The van der Waals surface area contributed by atoms with E-state index in [1.54, 1.807) is 43.0 Å². The molecule has 2 heterocycles. The van der Waals surface area contributed by atoms with Crippen LogP contribution in [0.5, 0.6) is 5.75 Å². The molecule has 0 unspecified atom stereocenters. The van der Waals surface area contributed by atoms with Gasteiger partial charge in [0.1, 0.15) is 17.4 Å². The van der Waals surface area contributed by atoms with Crippen LogP contribution in [0.1, 0.15) is 31.5 Å². The number of amides is 1. The molecular formula is C17H21ClN4O2. The molecule has 1 amide bonds. The topological polar surface area (TPSA) is 60.2 Å². The van der Waals surface area contributed by atoms with Gasteiger partial charge < -0.3 is 9.64 Å². The van der Waals surface area contributed by atoms with E-state index in [2.05, 4.69) is 10.1 Å². The van der Waals surface area contributed by atoms with Gasteiger partial charge in [0.15, 0.2) is 5.60 Å². The summed E-state index contributed by atoms with van der Waals surface area (Å²) in [6.07, 6.45) is 0. The lowest BCUT2D eigenvalue weighted by Crippen LogP contribution is -2.58. The monoisotopic (exact) mass is 348 g/mol. The van der Waals surface area contributed by atoms with E-state index < -0.39 is 5.60 Å². The third-order valence-corrected chi connectivity index (χ3v) is 4.32. The first-order valence-corrected chi connectivity index (χ1v) is 8.28. The number of carbonyl (C=O) groups excluding carboxylic acids is 1. The van der Waals surface area contributed by atoms with Crippen molar-refractivity contribution < 1.29 is 9.53 Å². The number of ether oxygens (including phenoxy) is 1. The Hall–Kier alpha value is -2.08. The van der Waals surface area contributed by atoms with E-state index in [1.165, 1.54) is 0 Å². The van der Waals surface area contributed by atoms with E-state index in [0.29, 0.717) is 23.9 Å². The molecule has 7 heteroatoms. The number of benzene rings is 1. The summed E-state index contributed by atoms with van der Waals surface area (Å²) in [5, 5.41) is 4.97. The number of hydrogen-bond donors (Lipinski definition) is 0. The standard InChI is InChI=1S/C17H21ClN4O2/c1-11-19-12(2)22(20-11)14-9-21(10-14)16(23)17(3,4)24-15-7-5-6-13(18)8-15/h5-8,14H,9-10H2,1-4H3. The van der Waals surface area contributed by atoms with E-state index in [9.17, 15) is 4.79 Å². The molecule has 0 N–H and O–H groups in total. The van der Waals surface area contributed by atoms with Crippen molar-refractivity contribution in [3.63, 3.8) is 0 Å². The third-order valence-electron chi connectivity index (χ3n) is 4.09. The quantitative estimate of drug-likeness (QED) is 0.852. The van der Waals surface area contributed by atoms with Crippen LogP contribution in [0.4, 0.5) is 0 Å². The summed E-state index contributed by atoms with van der Waals surface area (Å²) in [5.74, 6) is 2.16. The van der Waals surface area contributed by atoms with E-state index in [4.69, 9.17) is 16.3 Å². The van der Waals surface area contributed by atoms with Crippen molar-refractivity contribution >= 4 is 17.5 Å². The number of aryl methyl sites for hydroxylation is 2. The number of carbonyl (C=O) groups is 1. The highest BCUT2D eigenvalue weighted by atomic mass is 35.5. The maximum Gasteiger partial charge on any atom is 0.266 e. The normalized spacial score (nSPS) is 15.3. The number of halogens is 1. The first-order valence-electron chi connectivity index (χ1n) is 7.90. The van der Waals surface area contributed by atoms with Crippen molar-refractivity contribution in [1.29, 1.82) is 0 Å². The Balaban J connectivity index is 1.63. The van der Waals surface area contributed by atoms with Gasteiger partial charge in [-0.05, 0) is 45.9 Å². The van der Waals surface area contributed by atoms with E-state index in [-0.39, 0.29) is 11.9 Å². The molecule has 1 aliphatic heterocycles.